The zero-order valence-electron chi connectivity index (χ0n) is 18.5. The number of aromatic amines is 1. The first-order valence-corrected chi connectivity index (χ1v) is 12.4. The number of aromatic nitrogens is 5. The predicted octanol–water partition coefficient (Wildman–Crippen LogP) is 2.58. The molecular weight excluding hydrogens is 459 g/mol. The maximum atomic E-state index is 13.9. The number of H-pyrrole nitrogens is 1. The zero-order valence-corrected chi connectivity index (χ0v) is 19.3. The fraction of sp³-hybridized carbons (Fsp3) is 0.304. The van der Waals surface area contributed by atoms with Crippen molar-refractivity contribution in [2.75, 3.05) is 13.1 Å². The van der Waals surface area contributed by atoms with E-state index in [0.29, 0.717) is 36.4 Å². The summed E-state index contributed by atoms with van der Waals surface area (Å²) in [5.41, 5.74) is 1.59. The van der Waals surface area contributed by atoms with Gasteiger partial charge in [0.2, 0.25) is 10.0 Å². The molecule has 9 nitrogen and oxygen atoms in total. The summed E-state index contributed by atoms with van der Waals surface area (Å²) in [6.45, 7) is 2.50. The maximum absolute atomic E-state index is 13.9. The number of halogens is 1. The summed E-state index contributed by atoms with van der Waals surface area (Å²) in [5, 5.41) is 8.08. The van der Waals surface area contributed by atoms with Crippen molar-refractivity contribution in [3.8, 4) is 0 Å². The summed E-state index contributed by atoms with van der Waals surface area (Å²) in [6.07, 6.45) is 0.949. The molecule has 2 aromatic carbocycles. The molecule has 0 saturated carbocycles. The van der Waals surface area contributed by atoms with Crippen LogP contribution in [-0.2, 0) is 16.6 Å². The second-order valence-electron chi connectivity index (χ2n) is 8.45. The molecule has 1 aliphatic heterocycles. The van der Waals surface area contributed by atoms with Gasteiger partial charge < -0.3 is 4.98 Å². The number of piperidine rings is 1. The molecule has 3 heterocycles. The van der Waals surface area contributed by atoms with E-state index in [0.717, 1.165) is 11.6 Å². The van der Waals surface area contributed by atoms with E-state index in [2.05, 4.69) is 20.3 Å². The monoisotopic (exact) mass is 482 g/mol. The number of rotatable bonds is 5. The molecule has 0 amide bonds. The molecule has 0 spiro atoms. The Morgan fingerprint density at radius 3 is 2.56 bits per heavy atom. The van der Waals surface area contributed by atoms with E-state index in [4.69, 9.17) is 0 Å². The lowest BCUT2D eigenvalue weighted by Gasteiger charge is -2.30. The molecule has 5 rings (SSSR count). The summed E-state index contributed by atoms with van der Waals surface area (Å²) in [7, 11) is -3.81. The van der Waals surface area contributed by atoms with E-state index in [9.17, 15) is 17.6 Å². The lowest BCUT2D eigenvalue weighted by atomic mass is 9.97. The highest BCUT2D eigenvalue weighted by Crippen LogP contribution is 2.29. The summed E-state index contributed by atoms with van der Waals surface area (Å²) in [4.78, 5) is 20.0. The average Bonchev–Trinajstić information content (AvgIpc) is 3.24. The summed E-state index contributed by atoms with van der Waals surface area (Å²) >= 11 is 0. The van der Waals surface area contributed by atoms with Crippen LogP contribution in [0.15, 0.2) is 58.2 Å². The van der Waals surface area contributed by atoms with Gasteiger partial charge >= 0.3 is 0 Å². The van der Waals surface area contributed by atoms with Crippen LogP contribution in [0.5, 0.6) is 0 Å². The maximum Gasteiger partial charge on any atom is 0.281 e. The Bertz CT molecular complexity index is 1510. The Morgan fingerprint density at radius 1 is 1.12 bits per heavy atom. The van der Waals surface area contributed by atoms with E-state index in [-0.39, 0.29) is 35.0 Å². The van der Waals surface area contributed by atoms with Crippen LogP contribution >= 0.6 is 0 Å². The van der Waals surface area contributed by atoms with Crippen LogP contribution in [0.3, 0.4) is 0 Å². The third-order valence-electron chi connectivity index (χ3n) is 6.19. The highest BCUT2D eigenvalue weighted by molar-refractivity contribution is 7.89. The smallest absolute Gasteiger partial charge is 0.281 e. The molecule has 176 valence electrons. The molecule has 4 aromatic rings. The molecule has 0 radical (unpaired) electrons. The van der Waals surface area contributed by atoms with E-state index < -0.39 is 15.8 Å². The Labute approximate surface area is 195 Å². The van der Waals surface area contributed by atoms with Gasteiger partial charge in [0.15, 0.2) is 11.2 Å². The molecule has 0 bridgehead atoms. The topological polar surface area (TPSA) is 114 Å². The van der Waals surface area contributed by atoms with Crippen molar-refractivity contribution in [3.63, 3.8) is 0 Å². The number of benzene rings is 2. The second kappa shape index (κ2) is 8.73. The number of nitrogens with zero attached hydrogens (tertiary/aromatic N) is 5. The second-order valence-corrected chi connectivity index (χ2v) is 10.4. The molecule has 1 fully saturated rings. The van der Waals surface area contributed by atoms with Crippen LogP contribution in [0.4, 0.5) is 4.39 Å². The van der Waals surface area contributed by atoms with E-state index >= 15 is 0 Å². The van der Waals surface area contributed by atoms with Crippen molar-refractivity contribution in [3.05, 3.63) is 81.7 Å². The van der Waals surface area contributed by atoms with E-state index in [1.807, 2.05) is 30.3 Å². The molecule has 1 saturated heterocycles. The van der Waals surface area contributed by atoms with Gasteiger partial charge in [0.05, 0.1) is 11.4 Å². The first-order valence-electron chi connectivity index (χ1n) is 11.0. The molecule has 34 heavy (non-hydrogen) atoms. The Kier molecular flexibility index (Phi) is 5.74. The van der Waals surface area contributed by atoms with Crippen LogP contribution in [0.2, 0.25) is 0 Å². The minimum absolute atomic E-state index is 0.0575. The SMILES string of the molecule is Cc1ccc(S(=O)(=O)N2CCC(c3nc4c(nnn4Cc4ccccc4)c(=O)[nH]3)CC2)cc1F. The van der Waals surface area contributed by atoms with Gasteiger partial charge in [0.25, 0.3) is 5.56 Å². The van der Waals surface area contributed by atoms with Crippen molar-refractivity contribution < 1.29 is 12.8 Å². The number of hydrogen-bond donors (Lipinski definition) is 1. The third kappa shape index (κ3) is 4.12. The summed E-state index contributed by atoms with van der Waals surface area (Å²) in [6, 6.07) is 13.6. The predicted molar refractivity (Wildman–Crippen MR) is 123 cm³/mol. The van der Waals surface area contributed by atoms with Crippen LogP contribution in [0.1, 0.15) is 35.7 Å². The van der Waals surface area contributed by atoms with Crippen molar-refractivity contribution in [2.24, 2.45) is 0 Å². The van der Waals surface area contributed by atoms with E-state index in [1.165, 1.54) is 16.4 Å². The van der Waals surface area contributed by atoms with Crippen LogP contribution in [0.25, 0.3) is 11.2 Å². The van der Waals surface area contributed by atoms with Gasteiger partial charge in [0, 0.05) is 19.0 Å². The Balaban J connectivity index is 1.37. The van der Waals surface area contributed by atoms with Crippen LogP contribution in [0, 0.1) is 12.7 Å². The summed E-state index contributed by atoms with van der Waals surface area (Å²) in [5.74, 6) is -0.183. The molecular formula is C23H23FN6O3S. The number of fused-ring (bicyclic) bond motifs is 1. The minimum atomic E-state index is -3.81. The Hall–Kier alpha value is -3.44. The summed E-state index contributed by atoms with van der Waals surface area (Å²) < 4.78 is 42.8. The van der Waals surface area contributed by atoms with Gasteiger partial charge in [-0.25, -0.2) is 22.5 Å². The first kappa shape index (κ1) is 22.4. The number of sulfonamides is 1. The van der Waals surface area contributed by atoms with Gasteiger partial charge in [-0.3, -0.25) is 4.79 Å². The zero-order chi connectivity index (χ0) is 23.9. The normalized spacial score (nSPS) is 15.7. The van der Waals surface area contributed by atoms with Crippen molar-refractivity contribution in [1.82, 2.24) is 29.3 Å². The fourth-order valence-electron chi connectivity index (χ4n) is 4.19. The molecule has 0 aliphatic carbocycles. The Morgan fingerprint density at radius 2 is 1.85 bits per heavy atom. The minimum Gasteiger partial charge on any atom is -0.308 e. The molecule has 11 heteroatoms. The molecule has 1 aliphatic rings. The van der Waals surface area contributed by atoms with E-state index in [1.54, 1.807) is 11.6 Å². The fourth-order valence-corrected chi connectivity index (χ4v) is 5.67. The van der Waals surface area contributed by atoms with Crippen molar-refractivity contribution in [1.29, 1.82) is 0 Å². The van der Waals surface area contributed by atoms with Gasteiger partial charge in [-0.05, 0) is 43.0 Å². The van der Waals surface area contributed by atoms with Gasteiger partial charge in [-0.15, -0.1) is 5.10 Å². The number of aryl methyl sites for hydroxylation is 1. The first-order chi connectivity index (χ1) is 16.3. The van der Waals surface area contributed by atoms with Crippen LogP contribution < -0.4 is 5.56 Å². The van der Waals surface area contributed by atoms with Gasteiger partial charge in [-0.2, -0.15) is 4.31 Å². The highest BCUT2D eigenvalue weighted by Gasteiger charge is 2.31. The molecule has 0 unspecified atom stereocenters. The number of nitrogens with one attached hydrogen (secondary N) is 1. The molecule has 0 atom stereocenters. The molecule has 2 aromatic heterocycles. The van der Waals surface area contributed by atoms with Crippen LogP contribution in [-0.4, -0.2) is 50.8 Å². The van der Waals surface area contributed by atoms with Crippen molar-refractivity contribution in [2.45, 2.75) is 37.1 Å². The van der Waals surface area contributed by atoms with Gasteiger partial charge in [0.1, 0.15) is 11.6 Å². The number of hydrogen-bond acceptors (Lipinski definition) is 6. The van der Waals surface area contributed by atoms with Crippen molar-refractivity contribution >= 4 is 21.2 Å². The quantitative estimate of drug-likeness (QED) is 0.468. The lowest BCUT2D eigenvalue weighted by molar-refractivity contribution is 0.313. The standard InChI is InChI=1S/C23H23FN6O3S/c1-15-7-8-18(13-19(15)24)34(32,33)29-11-9-17(10-12-29)21-25-22-20(23(31)26-21)27-28-30(22)14-16-5-3-2-4-6-16/h2-8,13,17H,9-12,14H2,1H3,(H,25,26,31). The largest absolute Gasteiger partial charge is 0.308 e. The van der Waals surface area contributed by atoms with Gasteiger partial charge in [-0.1, -0.05) is 41.6 Å². The highest BCUT2D eigenvalue weighted by atomic mass is 32.2. The lowest BCUT2D eigenvalue weighted by Crippen LogP contribution is -2.38. The average molecular weight is 483 g/mol. The third-order valence-corrected chi connectivity index (χ3v) is 8.08. The molecule has 1 N–H and O–H groups in total.